The number of amides is 1. The number of rotatable bonds is 9. The Balaban J connectivity index is 1.14. The molecule has 0 atom stereocenters. The molecule has 204 valence electrons. The average Bonchev–Trinajstić information content (AvgIpc) is 3.65. The third-order valence-corrected chi connectivity index (χ3v) is 7.57. The highest BCUT2D eigenvalue weighted by Crippen LogP contribution is 2.31. The van der Waals surface area contributed by atoms with E-state index in [0.29, 0.717) is 30.2 Å². The second kappa shape index (κ2) is 11.8. The number of carbonyl (C=O) groups excluding carboxylic acids is 1. The summed E-state index contributed by atoms with van der Waals surface area (Å²) in [5.41, 5.74) is 6.12. The quantitative estimate of drug-likeness (QED) is 0.203. The molecule has 1 N–H and O–H groups in total. The van der Waals surface area contributed by atoms with Gasteiger partial charge in [0.25, 0.3) is 5.91 Å². The lowest BCUT2D eigenvalue weighted by molar-refractivity contribution is 0.0787. The van der Waals surface area contributed by atoms with Crippen molar-refractivity contribution < 1.29 is 9.53 Å². The molecule has 2 aromatic heterocycles. The second-order valence-electron chi connectivity index (χ2n) is 9.79. The monoisotopic (exact) mass is 606 g/mol. The molecule has 0 unspecified atom stereocenters. The van der Waals surface area contributed by atoms with Gasteiger partial charge in [-0.05, 0) is 56.4 Å². The predicted molar refractivity (Wildman–Crippen MR) is 161 cm³/mol. The van der Waals surface area contributed by atoms with Crippen LogP contribution in [0.25, 0.3) is 22.0 Å². The first-order valence-corrected chi connectivity index (χ1v) is 14.0. The molecular formula is C32H27BrN6O2. The minimum absolute atomic E-state index is 0.00238. The van der Waals surface area contributed by atoms with Crippen LogP contribution in [-0.4, -0.2) is 43.0 Å². The van der Waals surface area contributed by atoms with Gasteiger partial charge in [-0.15, -0.1) is 10.2 Å². The number of fused-ring (bicyclic) bond motifs is 1. The molecule has 0 aliphatic carbocycles. The van der Waals surface area contributed by atoms with Crippen molar-refractivity contribution in [1.29, 1.82) is 0 Å². The van der Waals surface area contributed by atoms with Crippen molar-refractivity contribution in [3.8, 4) is 16.9 Å². The summed E-state index contributed by atoms with van der Waals surface area (Å²) in [6.07, 6.45) is 1.98. The molecule has 6 rings (SSSR count). The number of carbonyl (C=O) groups is 1. The maximum Gasteiger partial charge on any atom is 0.256 e. The summed E-state index contributed by atoms with van der Waals surface area (Å²) >= 11 is 3.60. The lowest BCUT2D eigenvalue weighted by Gasteiger charge is -2.17. The van der Waals surface area contributed by atoms with Crippen molar-refractivity contribution in [2.24, 2.45) is 0 Å². The predicted octanol–water partition coefficient (Wildman–Crippen LogP) is 6.48. The third kappa shape index (κ3) is 5.90. The van der Waals surface area contributed by atoms with Gasteiger partial charge in [0, 0.05) is 37.2 Å². The van der Waals surface area contributed by atoms with Gasteiger partial charge in [0.1, 0.15) is 5.75 Å². The number of hydrogen-bond donors (Lipinski definition) is 1. The molecule has 0 aliphatic rings. The molecule has 0 fully saturated rings. The zero-order valence-electron chi connectivity index (χ0n) is 22.4. The maximum atomic E-state index is 13.6. The van der Waals surface area contributed by atoms with Crippen LogP contribution in [0.4, 0.5) is 0 Å². The Bertz CT molecular complexity index is 1780. The van der Waals surface area contributed by atoms with Gasteiger partial charge in [-0.1, -0.05) is 84.1 Å². The summed E-state index contributed by atoms with van der Waals surface area (Å²) in [4.78, 5) is 15.4. The number of H-pyrrole nitrogens is 1. The summed E-state index contributed by atoms with van der Waals surface area (Å²) in [5.74, 6) is 1.18. The van der Waals surface area contributed by atoms with Gasteiger partial charge in [-0.2, -0.15) is 5.21 Å². The van der Waals surface area contributed by atoms with E-state index in [0.717, 1.165) is 32.1 Å². The Morgan fingerprint density at radius 3 is 2.44 bits per heavy atom. The molecule has 41 heavy (non-hydrogen) atoms. The van der Waals surface area contributed by atoms with Crippen LogP contribution < -0.4 is 4.74 Å². The lowest BCUT2D eigenvalue weighted by Crippen LogP contribution is -2.26. The van der Waals surface area contributed by atoms with Crippen LogP contribution in [-0.2, 0) is 19.7 Å². The molecule has 0 saturated heterocycles. The van der Waals surface area contributed by atoms with Crippen molar-refractivity contribution in [3.63, 3.8) is 0 Å². The van der Waals surface area contributed by atoms with Gasteiger partial charge in [0.2, 0.25) is 5.82 Å². The van der Waals surface area contributed by atoms with E-state index in [-0.39, 0.29) is 12.5 Å². The number of halogens is 1. The topological polar surface area (TPSA) is 88.9 Å². The minimum Gasteiger partial charge on any atom is -0.484 e. The molecule has 0 spiro atoms. The molecule has 0 aliphatic heterocycles. The van der Waals surface area contributed by atoms with Crippen LogP contribution in [0.5, 0.6) is 5.75 Å². The average molecular weight is 608 g/mol. The Morgan fingerprint density at radius 1 is 0.927 bits per heavy atom. The highest BCUT2D eigenvalue weighted by molar-refractivity contribution is 9.10. The van der Waals surface area contributed by atoms with Crippen molar-refractivity contribution >= 4 is 32.7 Å². The number of aromatic amines is 1. The number of nitrogens with zero attached hydrogens (tertiary/aromatic N) is 5. The van der Waals surface area contributed by atoms with Gasteiger partial charge in [0.05, 0.1) is 10.0 Å². The van der Waals surface area contributed by atoms with Crippen LogP contribution in [0.3, 0.4) is 0 Å². The molecule has 4 aromatic carbocycles. The Labute approximate surface area is 245 Å². The van der Waals surface area contributed by atoms with Crippen molar-refractivity contribution in [2.45, 2.75) is 19.7 Å². The van der Waals surface area contributed by atoms with E-state index in [4.69, 9.17) is 4.74 Å². The standard InChI is InChI=1S/C32H27BrN6O2/c1-38(32(40)27-20-39(19-22-7-3-2-4-8-22)29-10-6-5-9-26(27)29)18-23-11-13-24(14-12-23)25-15-16-30(28(33)17-25)41-21-31-34-36-37-35-31/h2-17,20H,18-19,21H2,1H3,(H,34,35,36,37). The van der Waals surface area contributed by atoms with Crippen LogP contribution in [0, 0.1) is 0 Å². The summed E-state index contributed by atoms with van der Waals surface area (Å²) in [7, 11) is 1.85. The number of para-hydroxylation sites is 1. The first kappa shape index (κ1) is 26.5. The summed E-state index contributed by atoms with van der Waals surface area (Å²) in [5, 5.41) is 14.7. The molecule has 0 bridgehead atoms. The fourth-order valence-electron chi connectivity index (χ4n) is 4.87. The van der Waals surface area contributed by atoms with E-state index in [1.807, 2.05) is 67.8 Å². The van der Waals surface area contributed by atoms with E-state index in [9.17, 15) is 4.79 Å². The van der Waals surface area contributed by atoms with Crippen LogP contribution in [0.2, 0.25) is 0 Å². The molecular weight excluding hydrogens is 580 g/mol. The normalized spacial score (nSPS) is 11.1. The van der Waals surface area contributed by atoms with Crippen molar-refractivity contribution in [2.75, 3.05) is 7.05 Å². The minimum atomic E-state index is -0.00238. The molecule has 1 amide bonds. The maximum absolute atomic E-state index is 13.6. The Hall–Kier alpha value is -4.76. The van der Waals surface area contributed by atoms with Gasteiger partial charge in [-0.3, -0.25) is 4.79 Å². The molecule has 0 saturated carbocycles. The van der Waals surface area contributed by atoms with Crippen molar-refractivity contribution in [3.05, 3.63) is 130 Å². The first-order chi connectivity index (χ1) is 20.0. The van der Waals surface area contributed by atoms with Gasteiger partial charge in [-0.25, -0.2) is 0 Å². The first-order valence-electron chi connectivity index (χ1n) is 13.2. The number of hydrogen-bond acceptors (Lipinski definition) is 5. The zero-order chi connectivity index (χ0) is 28.2. The molecule has 6 aromatic rings. The van der Waals surface area contributed by atoms with E-state index in [1.165, 1.54) is 5.56 Å². The number of nitrogens with one attached hydrogen (secondary N) is 1. The fraction of sp³-hybridized carbons (Fsp3) is 0.125. The third-order valence-electron chi connectivity index (χ3n) is 6.95. The SMILES string of the molecule is CN(Cc1ccc(-c2ccc(OCc3nn[nH]n3)c(Br)c2)cc1)C(=O)c1cn(Cc2ccccc2)c2ccccc12. The number of aromatic nitrogens is 5. The Morgan fingerprint density at radius 2 is 1.68 bits per heavy atom. The van der Waals surface area contributed by atoms with Gasteiger partial charge >= 0.3 is 0 Å². The number of benzene rings is 4. The molecule has 8 nitrogen and oxygen atoms in total. The highest BCUT2D eigenvalue weighted by atomic mass is 79.9. The van der Waals surface area contributed by atoms with Gasteiger partial charge < -0.3 is 14.2 Å². The summed E-state index contributed by atoms with van der Waals surface area (Å²) in [6, 6.07) is 32.6. The van der Waals surface area contributed by atoms with Crippen LogP contribution >= 0.6 is 15.9 Å². The smallest absolute Gasteiger partial charge is 0.256 e. The molecule has 9 heteroatoms. The van der Waals surface area contributed by atoms with Gasteiger partial charge in [0.15, 0.2) is 6.61 Å². The second-order valence-corrected chi connectivity index (χ2v) is 10.6. The van der Waals surface area contributed by atoms with E-state index in [1.54, 1.807) is 4.90 Å². The van der Waals surface area contributed by atoms with Crippen molar-refractivity contribution in [1.82, 2.24) is 30.1 Å². The largest absolute Gasteiger partial charge is 0.484 e. The van der Waals surface area contributed by atoms with Crippen LogP contribution in [0.15, 0.2) is 108 Å². The number of tetrazole rings is 1. The fourth-order valence-corrected chi connectivity index (χ4v) is 5.36. The number of ether oxygens (including phenoxy) is 1. The highest BCUT2D eigenvalue weighted by Gasteiger charge is 2.19. The van der Waals surface area contributed by atoms with E-state index < -0.39 is 0 Å². The summed E-state index contributed by atoms with van der Waals surface area (Å²) < 4.78 is 8.77. The van der Waals surface area contributed by atoms with E-state index in [2.05, 4.69) is 83.6 Å². The van der Waals surface area contributed by atoms with E-state index >= 15 is 0 Å². The molecule has 2 heterocycles. The Kier molecular flexibility index (Phi) is 7.60. The lowest BCUT2D eigenvalue weighted by atomic mass is 10.0. The van der Waals surface area contributed by atoms with Crippen LogP contribution in [0.1, 0.15) is 27.3 Å². The summed E-state index contributed by atoms with van der Waals surface area (Å²) in [6.45, 7) is 1.44. The zero-order valence-corrected chi connectivity index (χ0v) is 24.0. The molecule has 0 radical (unpaired) electrons.